The molecule has 8 N–H and O–H groups in total. The molecule has 1 aliphatic rings. The summed E-state index contributed by atoms with van der Waals surface area (Å²) in [5, 5.41) is 79.7. The van der Waals surface area contributed by atoms with Gasteiger partial charge in [-0.1, -0.05) is 0 Å². The molecule has 2 heterocycles. The zero-order valence-corrected chi connectivity index (χ0v) is 16.3. The third kappa shape index (κ3) is 3.42. The summed E-state index contributed by atoms with van der Waals surface area (Å²) >= 11 is 0. The quantitative estimate of drug-likeness (QED) is 0.247. The minimum absolute atomic E-state index is 0.117. The Balaban J connectivity index is 1.97. The smallest absolute Gasteiger partial charge is 0.197 e. The van der Waals surface area contributed by atoms with Gasteiger partial charge in [0.15, 0.2) is 22.5 Å². The molecule has 5 atom stereocenters. The minimum Gasteiger partial charge on any atom is -0.507 e. The summed E-state index contributed by atoms with van der Waals surface area (Å²) in [6, 6.07) is 5.47. The van der Waals surface area contributed by atoms with Gasteiger partial charge >= 0.3 is 0 Å². The molecule has 3 aromatic rings. The van der Waals surface area contributed by atoms with Crippen LogP contribution in [-0.2, 0) is 4.74 Å². The molecule has 2 aromatic carbocycles. The molecule has 0 aliphatic carbocycles. The summed E-state index contributed by atoms with van der Waals surface area (Å²) in [7, 11) is 0. The van der Waals surface area contributed by atoms with Gasteiger partial charge in [-0.15, -0.1) is 0 Å². The first-order valence-electron chi connectivity index (χ1n) is 9.49. The summed E-state index contributed by atoms with van der Waals surface area (Å²) in [6.07, 6.45) is -8.07. The van der Waals surface area contributed by atoms with Crippen molar-refractivity contribution in [1.29, 1.82) is 0 Å². The van der Waals surface area contributed by atoms with E-state index < -0.39 is 65.6 Å². The van der Waals surface area contributed by atoms with E-state index >= 15 is 0 Å². The Morgan fingerprint density at radius 1 is 0.812 bits per heavy atom. The standard InChI is InChI=1S/C21H20O11/c22-6-14-17(28)18(29)19(30)21(32-14)16-11(26)4-10(25)15-12(27)5-13(31-20(15)16)7-1-2-8(23)9(24)3-7/h1-5,14,17-19,21-26,28-30H,6H2/t14-,17+,18+,19-,21+/m0/s1. The van der Waals surface area contributed by atoms with Crippen LogP contribution in [0.3, 0.4) is 0 Å². The van der Waals surface area contributed by atoms with E-state index in [9.17, 15) is 45.6 Å². The predicted octanol–water partition coefficient (Wildman–Crippen LogP) is -0.203. The van der Waals surface area contributed by atoms with Gasteiger partial charge < -0.3 is 50.0 Å². The van der Waals surface area contributed by atoms with E-state index in [1.54, 1.807) is 0 Å². The molecule has 11 nitrogen and oxygen atoms in total. The van der Waals surface area contributed by atoms with Gasteiger partial charge in [0.25, 0.3) is 0 Å². The second kappa shape index (κ2) is 7.97. The Bertz CT molecular complexity index is 1230. The molecule has 1 aliphatic heterocycles. The maximum atomic E-state index is 12.8. The molecule has 1 aromatic heterocycles. The first-order valence-corrected chi connectivity index (χ1v) is 9.49. The molecule has 0 saturated carbocycles. The molecule has 170 valence electrons. The highest BCUT2D eigenvalue weighted by molar-refractivity contribution is 5.89. The van der Waals surface area contributed by atoms with Crippen LogP contribution in [0.25, 0.3) is 22.3 Å². The molecule has 1 saturated heterocycles. The molecule has 0 spiro atoms. The Morgan fingerprint density at radius 2 is 1.53 bits per heavy atom. The number of phenols is 4. The minimum atomic E-state index is -1.79. The SMILES string of the molecule is O=c1cc(-c2ccc(O)c(O)c2)oc2c([C@H]3O[C@@H](CO)[C@@H](O)[C@@H](O)[C@@H]3O)c(O)cc(O)c12. The Hall–Kier alpha value is -3.35. The molecule has 4 rings (SSSR count). The molecular formula is C21H20O11. The lowest BCUT2D eigenvalue weighted by Crippen LogP contribution is -2.55. The number of aliphatic hydroxyl groups excluding tert-OH is 4. The molecule has 1 fully saturated rings. The largest absolute Gasteiger partial charge is 0.507 e. The van der Waals surface area contributed by atoms with Crippen molar-refractivity contribution < 1.29 is 50.0 Å². The summed E-state index contributed by atoms with van der Waals surface area (Å²) in [5.74, 6) is -2.28. The highest BCUT2D eigenvalue weighted by Gasteiger charge is 2.46. The number of rotatable bonds is 3. The van der Waals surface area contributed by atoms with Crippen molar-refractivity contribution in [2.24, 2.45) is 0 Å². The summed E-state index contributed by atoms with van der Waals surface area (Å²) in [6.45, 7) is -0.722. The predicted molar refractivity (Wildman–Crippen MR) is 107 cm³/mol. The van der Waals surface area contributed by atoms with E-state index in [1.807, 2.05) is 0 Å². The normalized spacial score (nSPS) is 25.8. The van der Waals surface area contributed by atoms with Gasteiger partial charge in [-0.3, -0.25) is 4.79 Å². The van der Waals surface area contributed by atoms with Gasteiger partial charge in [0.05, 0.1) is 12.2 Å². The van der Waals surface area contributed by atoms with Crippen molar-refractivity contribution >= 4 is 11.0 Å². The average Bonchev–Trinajstić information content (AvgIpc) is 2.74. The number of ether oxygens (including phenoxy) is 1. The fraction of sp³-hybridized carbons (Fsp3) is 0.286. The highest BCUT2D eigenvalue weighted by atomic mass is 16.5. The van der Waals surface area contributed by atoms with Gasteiger partial charge in [0.1, 0.15) is 53.2 Å². The molecule has 0 amide bonds. The first kappa shape index (κ1) is 21.9. The molecule has 32 heavy (non-hydrogen) atoms. The highest BCUT2D eigenvalue weighted by Crippen LogP contribution is 2.44. The summed E-state index contributed by atoms with van der Waals surface area (Å²) in [5.41, 5.74) is -1.27. The number of phenolic OH excluding ortho intramolecular Hbond substituents is 4. The zero-order valence-electron chi connectivity index (χ0n) is 16.3. The van der Waals surface area contributed by atoms with Gasteiger partial charge in [0, 0.05) is 17.7 Å². The number of fused-ring (bicyclic) bond motifs is 1. The van der Waals surface area contributed by atoms with E-state index in [-0.39, 0.29) is 27.9 Å². The van der Waals surface area contributed by atoms with Crippen molar-refractivity contribution in [1.82, 2.24) is 0 Å². The van der Waals surface area contributed by atoms with E-state index in [2.05, 4.69) is 0 Å². The fourth-order valence-corrected chi connectivity index (χ4v) is 3.76. The van der Waals surface area contributed by atoms with Crippen molar-refractivity contribution in [3.8, 4) is 34.3 Å². The third-order valence-corrected chi connectivity index (χ3v) is 5.43. The van der Waals surface area contributed by atoms with E-state index in [0.717, 1.165) is 24.3 Å². The van der Waals surface area contributed by atoms with Crippen LogP contribution in [0.15, 0.2) is 39.5 Å². The van der Waals surface area contributed by atoms with Crippen LogP contribution < -0.4 is 5.43 Å². The van der Waals surface area contributed by atoms with Crippen molar-refractivity contribution in [3.63, 3.8) is 0 Å². The molecule has 0 unspecified atom stereocenters. The van der Waals surface area contributed by atoms with Crippen LogP contribution in [0.1, 0.15) is 11.7 Å². The van der Waals surface area contributed by atoms with Gasteiger partial charge in [-0.05, 0) is 18.2 Å². The van der Waals surface area contributed by atoms with Crippen molar-refractivity contribution in [3.05, 3.63) is 46.1 Å². The van der Waals surface area contributed by atoms with Gasteiger partial charge in [-0.2, -0.15) is 0 Å². The number of aromatic hydroxyl groups is 4. The zero-order chi connectivity index (χ0) is 23.3. The second-order valence-electron chi connectivity index (χ2n) is 7.46. The van der Waals surface area contributed by atoms with Crippen molar-refractivity contribution in [2.75, 3.05) is 6.61 Å². The molecule has 0 bridgehead atoms. The van der Waals surface area contributed by atoms with Crippen LogP contribution in [0.2, 0.25) is 0 Å². The second-order valence-corrected chi connectivity index (χ2v) is 7.46. The first-order chi connectivity index (χ1) is 15.1. The lowest BCUT2D eigenvalue weighted by atomic mass is 9.89. The van der Waals surface area contributed by atoms with Crippen LogP contribution in [0, 0.1) is 0 Å². The van der Waals surface area contributed by atoms with Crippen LogP contribution in [-0.4, -0.2) is 71.9 Å². The summed E-state index contributed by atoms with van der Waals surface area (Å²) < 4.78 is 11.2. The maximum Gasteiger partial charge on any atom is 0.197 e. The van der Waals surface area contributed by atoms with Crippen LogP contribution in [0.4, 0.5) is 0 Å². The molecular weight excluding hydrogens is 428 g/mol. The van der Waals surface area contributed by atoms with E-state index in [4.69, 9.17) is 9.15 Å². The van der Waals surface area contributed by atoms with Crippen molar-refractivity contribution in [2.45, 2.75) is 30.5 Å². The monoisotopic (exact) mass is 448 g/mol. The van der Waals surface area contributed by atoms with E-state index in [0.29, 0.717) is 0 Å². The maximum absolute atomic E-state index is 12.8. The topological polar surface area (TPSA) is 201 Å². The summed E-state index contributed by atoms with van der Waals surface area (Å²) in [4.78, 5) is 12.8. The number of hydrogen-bond acceptors (Lipinski definition) is 11. The van der Waals surface area contributed by atoms with E-state index in [1.165, 1.54) is 6.07 Å². The number of hydrogen-bond donors (Lipinski definition) is 8. The van der Waals surface area contributed by atoms with Crippen LogP contribution in [0.5, 0.6) is 23.0 Å². The Morgan fingerprint density at radius 3 is 2.19 bits per heavy atom. The van der Waals surface area contributed by atoms with Crippen LogP contribution >= 0.6 is 0 Å². The van der Waals surface area contributed by atoms with Gasteiger partial charge in [0.2, 0.25) is 0 Å². The lowest BCUT2D eigenvalue weighted by Gasteiger charge is -2.40. The number of benzene rings is 2. The number of aliphatic hydroxyl groups is 4. The Labute approximate surface area is 179 Å². The molecule has 0 radical (unpaired) electrons. The Kier molecular flexibility index (Phi) is 5.44. The van der Waals surface area contributed by atoms with Gasteiger partial charge in [-0.25, -0.2) is 0 Å². The third-order valence-electron chi connectivity index (χ3n) is 5.43. The fourth-order valence-electron chi connectivity index (χ4n) is 3.76. The average molecular weight is 448 g/mol. The molecule has 11 heteroatoms. The lowest BCUT2D eigenvalue weighted by molar-refractivity contribution is -0.231.